The maximum Gasteiger partial charge on any atom is 0.287 e. The highest BCUT2D eigenvalue weighted by Crippen LogP contribution is 2.27. The van der Waals surface area contributed by atoms with Crippen molar-refractivity contribution in [2.24, 2.45) is 0 Å². The molecule has 5 nitrogen and oxygen atoms in total. The number of carbonyl (C=O) groups is 1. The van der Waals surface area contributed by atoms with Gasteiger partial charge in [-0.15, -0.1) is 12.4 Å². The summed E-state index contributed by atoms with van der Waals surface area (Å²) in [6.07, 6.45) is 1.86. The second-order valence-electron chi connectivity index (χ2n) is 6.51. The molecule has 0 bridgehead atoms. The van der Waals surface area contributed by atoms with E-state index in [0.717, 1.165) is 42.6 Å². The van der Waals surface area contributed by atoms with Crippen LogP contribution in [0.5, 0.6) is 5.75 Å². The Balaban J connectivity index is 0.00000210. The summed E-state index contributed by atoms with van der Waals surface area (Å²) in [4.78, 5) is 12.8. The average molecular weight is 387 g/mol. The van der Waals surface area contributed by atoms with Crippen molar-refractivity contribution in [2.45, 2.75) is 25.5 Å². The Bertz CT molecular complexity index is 889. The van der Waals surface area contributed by atoms with Crippen LogP contribution in [0, 0.1) is 0 Å². The van der Waals surface area contributed by atoms with E-state index in [0.29, 0.717) is 11.3 Å². The van der Waals surface area contributed by atoms with Gasteiger partial charge in [0.15, 0.2) is 5.76 Å². The van der Waals surface area contributed by atoms with Crippen LogP contribution in [0.1, 0.15) is 29.0 Å². The average Bonchev–Trinajstić information content (AvgIpc) is 3.07. The highest BCUT2D eigenvalue weighted by Gasteiger charge is 2.24. The zero-order chi connectivity index (χ0) is 17.8. The number of amides is 1. The zero-order valence-electron chi connectivity index (χ0n) is 14.9. The van der Waals surface area contributed by atoms with Gasteiger partial charge in [0, 0.05) is 17.0 Å². The van der Waals surface area contributed by atoms with Crippen molar-refractivity contribution in [3.63, 3.8) is 0 Å². The van der Waals surface area contributed by atoms with E-state index in [2.05, 4.69) is 10.6 Å². The minimum Gasteiger partial charge on any atom is -0.489 e. The van der Waals surface area contributed by atoms with Gasteiger partial charge >= 0.3 is 0 Å². The largest absolute Gasteiger partial charge is 0.489 e. The molecule has 27 heavy (non-hydrogen) atoms. The molecule has 2 aromatic carbocycles. The molecular formula is C21H23ClN2O3. The maximum atomic E-state index is 12.8. The van der Waals surface area contributed by atoms with Crippen LogP contribution in [0.4, 0.5) is 0 Å². The lowest BCUT2D eigenvalue weighted by molar-refractivity contribution is 0.0900. The first-order chi connectivity index (χ1) is 12.8. The minimum absolute atomic E-state index is 0. The third-order valence-electron chi connectivity index (χ3n) is 4.71. The zero-order valence-corrected chi connectivity index (χ0v) is 15.8. The van der Waals surface area contributed by atoms with Crippen LogP contribution in [0.3, 0.4) is 0 Å². The maximum absolute atomic E-state index is 12.8. The Kier molecular flexibility index (Phi) is 6.37. The molecule has 2 heterocycles. The summed E-state index contributed by atoms with van der Waals surface area (Å²) < 4.78 is 11.8. The molecule has 1 aliphatic rings. The quantitative estimate of drug-likeness (QED) is 0.697. The molecule has 1 amide bonds. The molecule has 0 radical (unpaired) electrons. The van der Waals surface area contributed by atoms with Crippen molar-refractivity contribution < 1.29 is 13.9 Å². The Morgan fingerprint density at radius 3 is 2.56 bits per heavy atom. The van der Waals surface area contributed by atoms with Gasteiger partial charge in [-0.3, -0.25) is 4.79 Å². The van der Waals surface area contributed by atoms with Crippen molar-refractivity contribution in [1.29, 1.82) is 0 Å². The van der Waals surface area contributed by atoms with Gasteiger partial charge in [0.25, 0.3) is 5.91 Å². The number of halogens is 1. The van der Waals surface area contributed by atoms with Gasteiger partial charge < -0.3 is 19.8 Å². The van der Waals surface area contributed by atoms with E-state index in [9.17, 15) is 4.79 Å². The number of benzene rings is 2. The number of fused-ring (bicyclic) bond motifs is 1. The summed E-state index contributed by atoms with van der Waals surface area (Å²) in [5.41, 5.74) is 1.49. The third kappa shape index (κ3) is 4.43. The second kappa shape index (κ2) is 8.93. The summed E-state index contributed by atoms with van der Waals surface area (Å²) in [6.45, 7) is 2.14. The van der Waals surface area contributed by atoms with Crippen LogP contribution in [0.2, 0.25) is 0 Å². The predicted molar refractivity (Wildman–Crippen MR) is 108 cm³/mol. The molecule has 1 aliphatic heterocycles. The molecule has 1 fully saturated rings. The van der Waals surface area contributed by atoms with E-state index in [4.69, 9.17) is 9.15 Å². The number of ether oxygens (including phenoxy) is 1. The van der Waals surface area contributed by atoms with E-state index >= 15 is 0 Å². The summed E-state index contributed by atoms with van der Waals surface area (Å²) in [6, 6.07) is 17.5. The van der Waals surface area contributed by atoms with E-state index in [1.165, 1.54) is 0 Å². The summed E-state index contributed by atoms with van der Waals surface area (Å²) in [7, 11) is 0. The van der Waals surface area contributed by atoms with Crippen LogP contribution < -0.4 is 15.4 Å². The first-order valence-electron chi connectivity index (χ1n) is 9.01. The number of furan rings is 1. The normalized spacial score (nSPS) is 14.5. The SMILES string of the molecule is Cl.O=C(NC1CCNCC1)c1oc2ccccc2c1COc1ccccc1. The van der Waals surface area contributed by atoms with Crippen LogP contribution in [0.25, 0.3) is 11.0 Å². The molecule has 0 saturated carbocycles. The highest BCUT2D eigenvalue weighted by molar-refractivity contribution is 5.99. The topological polar surface area (TPSA) is 63.5 Å². The molecule has 3 aromatic rings. The first kappa shape index (κ1) is 19.3. The van der Waals surface area contributed by atoms with E-state index in [-0.39, 0.29) is 31.0 Å². The van der Waals surface area contributed by atoms with Gasteiger partial charge in [-0.25, -0.2) is 0 Å². The third-order valence-corrected chi connectivity index (χ3v) is 4.71. The number of hydrogen-bond acceptors (Lipinski definition) is 4. The number of carbonyl (C=O) groups excluding carboxylic acids is 1. The first-order valence-corrected chi connectivity index (χ1v) is 9.01. The summed E-state index contributed by atoms with van der Waals surface area (Å²) >= 11 is 0. The number of para-hydroxylation sites is 2. The fourth-order valence-corrected chi connectivity index (χ4v) is 3.31. The molecule has 6 heteroatoms. The molecule has 0 unspecified atom stereocenters. The van der Waals surface area contributed by atoms with Gasteiger partial charge in [0.1, 0.15) is 17.9 Å². The Labute approximate surface area is 164 Å². The molecule has 0 aliphatic carbocycles. The van der Waals surface area contributed by atoms with Crippen molar-refractivity contribution in [3.8, 4) is 5.75 Å². The van der Waals surface area contributed by atoms with Crippen molar-refractivity contribution in [3.05, 3.63) is 65.9 Å². The number of nitrogens with one attached hydrogen (secondary N) is 2. The minimum atomic E-state index is -0.167. The number of rotatable bonds is 5. The molecule has 2 N–H and O–H groups in total. The second-order valence-corrected chi connectivity index (χ2v) is 6.51. The standard InChI is InChI=1S/C21H22N2O3.ClH/c24-21(23-15-10-12-22-13-11-15)20-18(14-25-16-6-2-1-3-7-16)17-8-4-5-9-19(17)26-20;/h1-9,15,22H,10-14H2,(H,23,24);1H. The Hall–Kier alpha value is -2.50. The summed E-state index contributed by atoms with van der Waals surface area (Å²) in [5.74, 6) is 0.947. The fraction of sp³-hybridized carbons (Fsp3) is 0.286. The molecule has 0 atom stereocenters. The number of hydrogen-bond donors (Lipinski definition) is 2. The van der Waals surface area contributed by atoms with Crippen LogP contribution in [0.15, 0.2) is 59.0 Å². The van der Waals surface area contributed by atoms with Crippen LogP contribution >= 0.6 is 12.4 Å². The van der Waals surface area contributed by atoms with Gasteiger partial charge in [0.2, 0.25) is 0 Å². The lowest BCUT2D eigenvalue weighted by atomic mass is 10.1. The van der Waals surface area contributed by atoms with Gasteiger partial charge in [0.05, 0.1) is 0 Å². The molecule has 1 aromatic heterocycles. The summed E-state index contributed by atoms with van der Waals surface area (Å²) in [5, 5.41) is 7.33. The molecule has 0 spiro atoms. The predicted octanol–water partition coefficient (Wildman–Crippen LogP) is 3.92. The lowest BCUT2D eigenvalue weighted by Crippen LogP contribution is -2.42. The fourth-order valence-electron chi connectivity index (χ4n) is 3.31. The molecule has 142 valence electrons. The monoisotopic (exact) mass is 386 g/mol. The molecule has 1 saturated heterocycles. The van der Waals surface area contributed by atoms with Crippen LogP contribution in [-0.4, -0.2) is 25.0 Å². The van der Waals surface area contributed by atoms with Gasteiger partial charge in [-0.05, 0) is 44.1 Å². The number of piperidine rings is 1. The molecule has 4 rings (SSSR count). The lowest BCUT2D eigenvalue weighted by Gasteiger charge is -2.23. The Morgan fingerprint density at radius 2 is 1.78 bits per heavy atom. The van der Waals surface area contributed by atoms with E-state index in [1.54, 1.807) is 0 Å². The van der Waals surface area contributed by atoms with Crippen LogP contribution in [-0.2, 0) is 6.61 Å². The van der Waals surface area contributed by atoms with Gasteiger partial charge in [-0.2, -0.15) is 0 Å². The van der Waals surface area contributed by atoms with Crippen molar-refractivity contribution in [1.82, 2.24) is 10.6 Å². The molecular weight excluding hydrogens is 364 g/mol. The van der Waals surface area contributed by atoms with Gasteiger partial charge in [-0.1, -0.05) is 36.4 Å². The van der Waals surface area contributed by atoms with E-state index in [1.807, 2.05) is 54.6 Å². The van der Waals surface area contributed by atoms with Crippen molar-refractivity contribution in [2.75, 3.05) is 13.1 Å². The van der Waals surface area contributed by atoms with Crippen molar-refractivity contribution >= 4 is 29.3 Å². The highest BCUT2D eigenvalue weighted by atomic mass is 35.5. The smallest absolute Gasteiger partial charge is 0.287 e. The van der Waals surface area contributed by atoms with E-state index < -0.39 is 0 Å². The Morgan fingerprint density at radius 1 is 1.07 bits per heavy atom.